The maximum atomic E-state index is 11.1. The Morgan fingerprint density at radius 3 is 2.88 bits per heavy atom. The van der Waals surface area contributed by atoms with Crippen LogP contribution in [0.25, 0.3) is 0 Å². The van der Waals surface area contributed by atoms with Crippen molar-refractivity contribution in [2.45, 2.75) is 12.2 Å². The van der Waals surface area contributed by atoms with Crippen LogP contribution in [0.1, 0.15) is 22.2 Å². The zero-order valence-electron chi connectivity index (χ0n) is 8.49. The SMILES string of the molecule is COC(=O)c1cc(C(O)C(O)C#N)ccn1. The van der Waals surface area contributed by atoms with Gasteiger partial charge in [0, 0.05) is 6.20 Å². The van der Waals surface area contributed by atoms with E-state index >= 15 is 0 Å². The van der Waals surface area contributed by atoms with Crippen LogP contribution in [0.4, 0.5) is 0 Å². The molecular formula is C10H10N2O4. The van der Waals surface area contributed by atoms with Gasteiger partial charge in [-0.3, -0.25) is 0 Å². The highest BCUT2D eigenvalue weighted by Crippen LogP contribution is 2.16. The molecule has 1 rings (SSSR count). The van der Waals surface area contributed by atoms with Crippen molar-refractivity contribution < 1.29 is 19.7 Å². The van der Waals surface area contributed by atoms with E-state index in [0.717, 1.165) is 0 Å². The van der Waals surface area contributed by atoms with Crippen LogP contribution in [0.3, 0.4) is 0 Å². The molecule has 0 saturated carbocycles. The van der Waals surface area contributed by atoms with E-state index < -0.39 is 18.2 Å². The second-order valence-electron chi connectivity index (χ2n) is 2.98. The molecule has 0 spiro atoms. The van der Waals surface area contributed by atoms with Crippen LogP contribution >= 0.6 is 0 Å². The number of pyridine rings is 1. The predicted molar refractivity (Wildman–Crippen MR) is 52.2 cm³/mol. The second kappa shape index (κ2) is 5.21. The van der Waals surface area contributed by atoms with Gasteiger partial charge >= 0.3 is 5.97 Å². The largest absolute Gasteiger partial charge is 0.464 e. The van der Waals surface area contributed by atoms with E-state index in [1.807, 2.05) is 0 Å². The normalized spacial score (nSPS) is 13.6. The van der Waals surface area contributed by atoms with Crippen LogP contribution in [0, 0.1) is 11.3 Å². The van der Waals surface area contributed by atoms with E-state index in [2.05, 4.69) is 9.72 Å². The molecule has 0 bridgehead atoms. The summed E-state index contributed by atoms with van der Waals surface area (Å²) < 4.78 is 4.45. The minimum atomic E-state index is -1.55. The van der Waals surface area contributed by atoms with Crippen LogP contribution in [0.2, 0.25) is 0 Å². The lowest BCUT2D eigenvalue weighted by Crippen LogP contribution is -2.16. The van der Waals surface area contributed by atoms with E-state index in [9.17, 15) is 9.90 Å². The molecule has 1 heterocycles. The summed E-state index contributed by atoms with van der Waals surface area (Å²) >= 11 is 0. The Balaban J connectivity index is 2.99. The van der Waals surface area contributed by atoms with Gasteiger partial charge in [0.2, 0.25) is 0 Å². The molecule has 1 aromatic heterocycles. The summed E-state index contributed by atoms with van der Waals surface area (Å²) in [6.07, 6.45) is -1.64. The standard InChI is InChI=1S/C10H10N2O4/c1-16-10(15)7-4-6(2-3-12-7)9(14)8(13)5-11/h2-4,8-9,13-14H,1H3. The minimum absolute atomic E-state index is 0.00388. The van der Waals surface area contributed by atoms with E-state index in [1.165, 1.54) is 31.5 Å². The fraction of sp³-hybridized carbons (Fsp3) is 0.300. The molecule has 16 heavy (non-hydrogen) atoms. The molecule has 0 saturated heterocycles. The Morgan fingerprint density at radius 2 is 2.31 bits per heavy atom. The first-order chi connectivity index (χ1) is 7.60. The van der Waals surface area contributed by atoms with Crippen LogP contribution in [-0.2, 0) is 4.74 Å². The van der Waals surface area contributed by atoms with Gasteiger partial charge < -0.3 is 14.9 Å². The second-order valence-corrected chi connectivity index (χ2v) is 2.98. The minimum Gasteiger partial charge on any atom is -0.464 e. The molecule has 1 aromatic rings. The number of carbonyl (C=O) groups is 1. The molecule has 6 nitrogen and oxygen atoms in total. The molecule has 2 N–H and O–H groups in total. The number of rotatable bonds is 3. The lowest BCUT2D eigenvalue weighted by atomic mass is 10.1. The Hall–Kier alpha value is -1.97. The van der Waals surface area contributed by atoms with E-state index in [4.69, 9.17) is 10.4 Å². The maximum Gasteiger partial charge on any atom is 0.356 e. The van der Waals surface area contributed by atoms with Gasteiger partial charge in [-0.25, -0.2) is 9.78 Å². The highest BCUT2D eigenvalue weighted by molar-refractivity contribution is 5.87. The first kappa shape index (κ1) is 12.1. The number of aromatic nitrogens is 1. The first-order valence-electron chi connectivity index (χ1n) is 4.40. The average Bonchev–Trinajstić information content (AvgIpc) is 2.36. The smallest absolute Gasteiger partial charge is 0.356 e. The Bertz CT molecular complexity index is 427. The summed E-state index contributed by atoms with van der Waals surface area (Å²) in [4.78, 5) is 14.9. The Morgan fingerprint density at radius 1 is 1.62 bits per heavy atom. The fourth-order valence-corrected chi connectivity index (χ4v) is 1.10. The molecule has 0 amide bonds. The van der Waals surface area contributed by atoms with Gasteiger partial charge in [-0.05, 0) is 17.7 Å². The molecule has 0 aromatic carbocycles. The Labute approximate surface area is 91.7 Å². The number of ether oxygens (including phenoxy) is 1. The van der Waals surface area contributed by atoms with Crippen molar-refractivity contribution in [2.75, 3.05) is 7.11 Å². The molecule has 0 fully saturated rings. The van der Waals surface area contributed by atoms with Crippen molar-refractivity contribution in [3.8, 4) is 6.07 Å². The highest BCUT2D eigenvalue weighted by atomic mass is 16.5. The van der Waals surface area contributed by atoms with Crippen molar-refractivity contribution in [1.29, 1.82) is 5.26 Å². The van der Waals surface area contributed by atoms with Crippen molar-refractivity contribution >= 4 is 5.97 Å². The molecule has 84 valence electrons. The van der Waals surface area contributed by atoms with Crippen molar-refractivity contribution in [3.05, 3.63) is 29.6 Å². The summed E-state index contributed by atoms with van der Waals surface area (Å²) in [6, 6.07) is 4.16. The Kier molecular flexibility index (Phi) is 3.94. The zero-order valence-corrected chi connectivity index (χ0v) is 8.49. The number of methoxy groups -OCH3 is 1. The van der Waals surface area contributed by atoms with Gasteiger partial charge in [0.25, 0.3) is 0 Å². The third-order valence-electron chi connectivity index (χ3n) is 1.95. The molecule has 0 radical (unpaired) electrons. The molecule has 0 aliphatic carbocycles. The van der Waals surface area contributed by atoms with Gasteiger partial charge in [0.15, 0.2) is 6.10 Å². The molecule has 6 heteroatoms. The van der Waals surface area contributed by atoms with Gasteiger partial charge in [0.1, 0.15) is 11.8 Å². The fourth-order valence-electron chi connectivity index (χ4n) is 1.10. The molecule has 2 unspecified atom stereocenters. The highest BCUT2D eigenvalue weighted by Gasteiger charge is 2.19. The van der Waals surface area contributed by atoms with E-state index in [0.29, 0.717) is 0 Å². The van der Waals surface area contributed by atoms with Gasteiger partial charge in [-0.15, -0.1) is 0 Å². The third kappa shape index (κ3) is 2.53. The molecule has 0 aliphatic rings. The van der Waals surface area contributed by atoms with E-state index in [1.54, 1.807) is 0 Å². The zero-order chi connectivity index (χ0) is 12.1. The number of aliphatic hydroxyl groups excluding tert-OH is 2. The van der Waals surface area contributed by atoms with E-state index in [-0.39, 0.29) is 11.3 Å². The molecule has 2 atom stereocenters. The summed E-state index contributed by atoms with van der Waals surface area (Å²) in [5, 5.41) is 27.1. The van der Waals surface area contributed by atoms with Crippen LogP contribution < -0.4 is 0 Å². The number of nitrogens with zero attached hydrogens (tertiary/aromatic N) is 2. The quantitative estimate of drug-likeness (QED) is 0.541. The van der Waals surface area contributed by atoms with Crippen molar-refractivity contribution in [1.82, 2.24) is 4.98 Å². The van der Waals surface area contributed by atoms with Crippen LogP contribution in [-0.4, -0.2) is 34.4 Å². The summed E-state index contributed by atoms with van der Waals surface area (Å²) in [5.74, 6) is -0.652. The van der Waals surface area contributed by atoms with Crippen LogP contribution in [0.15, 0.2) is 18.3 Å². The number of carbonyl (C=O) groups excluding carboxylic acids is 1. The monoisotopic (exact) mass is 222 g/mol. The maximum absolute atomic E-state index is 11.1. The average molecular weight is 222 g/mol. The number of hydrogen-bond donors (Lipinski definition) is 2. The lowest BCUT2D eigenvalue weighted by molar-refractivity contribution is 0.0520. The lowest BCUT2D eigenvalue weighted by Gasteiger charge is -2.12. The third-order valence-corrected chi connectivity index (χ3v) is 1.95. The number of aliphatic hydroxyl groups is 2. The van der Waals surface area contributed by atoms with Gasteiger partial charge in [-0.1, -0.05) is 0 Å². The van der Waals surface area contributed by atoms with Crippen molar-refractivity contribution in [2.24, 2.45) is 0 Å². The molecular weight excluding hydrogens is 212 g/mol. The summed E-state index contributed by atoms with van der Waals surface area (Å²) in [6.45, 7) is 0. The predicted octanol–water partition coefficient (Wildman–Crippen LogP) is -0.214. The number of esters is 1. The number of hydrogen-bond acceptors (Lipinski definition) is 6. The molecule has 0 aliphatic heterocycles. The van der Waals surface area contributed by atoms with Gasteiger partial charge in [-0.2, -0.15) is 5.26 Å². The number of nitriles is 1. The topological polar surface area (TPSA) is 103 Å². The van der Waals surface area contributed by atoms with Gasteiger partial charge in [0.05, 0.1) is 13.2 Å². The van der Waals surface area contributed by atoms with Crippen molar-refractivity contribution in [3.63, 3.8) is 0 Å². The van der Waals surface area contributed by atoms with Crippen LogP contribution in [0.5, 0.6) is 0 Å². The first-order valence-corrected chi connectivity index (χ1v) is 4.40. The summed E-state index contributed by atoms with van der Waals surface area (Å²) in [7, 11) is 1.21. The summed E-state index contributed by atoms with van der Waals surface area (Å²) in [5.41, 5.74) is 0.230.